The van der Waals surface area contributed by atoms with Gasteiger partial charge < -0.3 is 0 Å². The van der Waals surface area contributed by atoms with E-state index in [9.17, 15) is 15.4 Å². The maximum Gasteiger partial charge on any atom is 0.272 e. The smallest absolute Gasteiger partial charge is 0.264 e. The number of nitrogens with zero attached hydrogens (tertiary/aromatic N) is 3. The molecule has 2 rings (SSSR count). The second kappa shape index (κ2) is 6.16. The number of nitro groups is 1. The molecule has 0 bridgehead atoms. The van der Waals surface area contributed by atoms with Crippen LogP contribution in [0.15, 0.2) is 42.7 Å². The molecule has 2 aromatic rings. The zero-order valence-corrected chi connectivity index (χ0v) is 11.8. The average molecular weight is 300 g/mol. The van der Waals surface area contributed by atoms with E-state index >= 15 is 0 Å². The molecule has 0 amide bonds. The van der Waals surface area contributed by atoms with Crippen molar-refractivity contribution in [3.8, 4) is 6.07 Å². The average Bonchev–Trinajstić information content (AvgIpc) is 2.49. The molecule has 0 aliphatic carbocycles. The number of aryl methyl sites for hydroxylation is 1. The Bertz CT molecular complexity index is 764. The van der Waals surface area contributed by atoms with Crippen LogP contribution in [-0.4, -0.2) is 9.91 Å². The third kappa shape index (κ3) is 3.07. The number of aromatic nitrogens is 1. The van der Waals surface area contributed by atoms with Gasteiger partial charge in [-0.15, -0.1) is 0 Å². The molecular formula is C15H10ClN3O2. The molecule has 0 radical (unpaired) electrons. The lowest BCUT2D eigenvalue weighted by Crippen LogP contribution is -1.94. The fourth-order valence-corrected chi connectivity index (χ4v) is 2.11. The minimum absolute atomic E-state index is 0.0332. The van der Waals surface area contributed by atoms with E-state index < -0.39 is 4.92 Å². The molecule has 6 heteroatoms. The summed E-state index contributed by atoms with van der Waals surface area (Å²) in [6, 6.07) is 10.0. The Balaban J connectivity index is 2.59. The minimum Gasteiger partial charge on any atom is -0.264 e. The first kappa shape index (κ1) is 14.7. The van der Waals surface area contributed by atoms with E-state index in [4.69, 9.17) is 11.6 Å². The van der Waals surface area contributed by atoms with Gasteiger partial charge in [-0.05, 0) is 13.0 Å². The van der Waals surface area contributed by atoms with Crippen molar-refractivity contribution in [1.82, 2.24) is 4.98 Å². The second-order valence-corrected chi connectivity index (χ2v) is 4.68. The highest BCUT2D eigenvalue weighted by atomic mass is 35.5. The van der Waals surface area contributed by atoms with E-state index in [1.54, 1.807) is 37.4 Å². The molecule has 1 aromatic carbocycles. The standard InChI is InChI=1S/C15H10ClN3O2/c1-10-4-5-11(7-14(10)19(20)21)15(16)13(8-17)12-3-2-6-18-9-12/h2-7,9H,1H3/b15-13+. The number of nitriles is 1. The van der Waals surface area contributed by atoms with E-state index in [1.165, 1.54) is 12.3 Å². The van der Waals surface area contributed by atoms with E-state index in [-0.39, 0.29) is 16.3 Å². The monoisotopic (exact) mass is 299 g/mol. The molecule has 0 fully saturated rings. The number of nitro benzene ring substituents is 1. The van der Waals surface area contributed by atoms with Crippen LogP contribution in [0.1, 0.15) is 16.7 Å². The summed E-state index contributed by atoms with van der Waals surface area (Å²) < 4.78 is 0. The van der Waals surface area contributed by atoms with E-state index in [2.05, 4.69) is 4.98 Å². The van der Waals surface area contributed by atoms with Crippen LogP contribution in [0.25, 0.3) is 10.6 Å². The molecule has 0 saturated carbocycles. The molecule has 104 valence electrons. The lowest BCUT2D eigenvalue weighted by molar-refractivity contribution is -0.385. The van der Waals surface area contributed by atoms with Crippen molar-refractivity contribution in [2.75, 3.05) is 0 Å². The predicted molar refractivity (Wildman–Crippen MR) is 80.4 cm³/mol. The van der Waals surface area contributed by atoms with Crippen molar-refractivity contribution in [1.29, 1.82) is 5.26 Å². The lowest BCUT2D eigenvalue weighted by atomic mass is 10.0. The third-order valence-electron chi connectivity index (χ3n) is 2.94. The topological polar surface area (TPSA) is 79.8 Å². The van der Waals surface area contributed by atoms with Crippen LogP contribution < -0.4 is 0 Å². The van der Waals surface area contributed by atoms with Crippen molar-refractivity contribution in [2.24, 2.45) is 0 Å². The summed E-state index contributed by atoms with van der Waals surface area (Å²) in [6.07, 6.45) is 3.10. The summed E-state index contributed by atoms with van der Waals surface area (Å²) in [6.45, 7) is 1.64. The Morgan fingerprint density at radius 1 is 1.38 bits per heavy atom. The molecule has 0 aliphatic heterocycles. The summed E-state index contributed by atoms with van der Waals surface area (Å²) in [4.78, 5) is 14.4. The Morgan fingerprint density at radius 3 is 2.71 bits per heavy atom. The van der Waals surface area contributed by atoms with Crippen LogP contribution in [0.2, 0.25) is 0 Å². The molecule has 1 heterocycles. The van der Waals surface area contributed by atoms with Gasteiger partial charge in [0.2, 0.25) is 0 Å². The highest BCUT2D eigenvalue weighted by molar-refractivity contribution is 6.53. The van der Waals surface area contributed by atoms with Gasteiger partial charge in [-0.3, -0.25) is 15.1 Å². The fourth-order valence-electron chi connectivity index (χ4n) is 1.84. The van der Waals surface area contributed by atoms with Crippen LogP contribution in [0.5, 0.6) is 0 Å². The number of pyridine rings is 1. The van der Waals surface area contributed by atoms with Crippen LogP contribution in [-0.2, 0) is 0 Å². The summed E-state index contributed by atoms with van der Waals surface area (Å²) in [5, 5.41) is 20.4. The van der Waals surface area contributed by atoms with Gasteiger partial charge in [0.15, 0.2) is 0 Å². The van der Waals surface area contributed by atoms with Gasteiger partial charge in [0, 0.05) is 35.2 Å². The summed E-state index contributed by atoms with van der Waals surface area (Å²) >= 11 is 6.24. The third-order valence-corrected chi connectivity index (χ3v) is 3.35. The summed E-state index contributed by atoms with van der Waals surface area (Å²) in [7, 11) is 0. The Labute approximate surface area is 126 Å². The maximum atomic E-state index is 11.0. The summed E-state index contributed by atoms with van der Waals surface area (Å²) in [5.41, 5.74) is 1.72. The molecule has 0 atom stereocenters. The van der Waals surface area contributed by atoms with Crippen molar-refractivity contribution in [3.05, 3.63) is 69.5 Å². The van der Waals surface area contributed by atoms with Crippen LogP contribution in [0.3, 0.4) is 0 Å². The van der Waals surface area contributed by atoms with Crippen molar-refractivity contribution in [2.45, 2.75) is 6.92 Å². The Morgan fingerprint density at radius 2 is 2.14 bits per heavy atom. The van der Waals surface area contributed by atoms with E-state index in [0.29, 0.717) is 16.7 Å². The van der Waals surface area contributed by atoms with Crippen LogP contribution in [0, 0.1) is 28.4 Å². The highest BCUT2D eigenvalue weighted by Gasteiger charge is 2.15. The molecule has 1 aromatic heterocycles. The zero-order valence-electron chi connectivity index (χ0n) is 11.1. The number of allylic oxidation sites excluding steroid dienone is 1. The van der Waals surface area contributed by atoms with E-state index in [0.717, 1.165) is 0 Å². The normalized spacial score (nSPS) is 11.5. The van der Waals surface area contributed by atoms with Crippen LogP contribution in [0.4, 0.5) is 5.69 Å². The van der Waals surface area contributed by atoms with Gasteiger partial charge >= 0.3 is 0 Å². The maximum absolute atomic E-state index is 11.0. The number of benzene rings is 1. The summed E-state index contributed by atoms with van der Waals surface area (Å²) in [5.74, 6) is 0. The number of hydrogen-bond donors (Lipinski definition) is 0. The van der Waals surface area contributed by atoms with Crippen molar-refractivity contribution in [3.63, 3.8) is 0 Å². The zero-order chi connectivity index (χ0) is 15.4. The molecule has 5 nitrogen and oxygen atoms in total. The quantitative estimate of drug-likeness (QED) is 0.488. The Hall–Kier alpha value is -2.71. The molecule has 0 unspecified atom stereocenters. The molecule has 0 spiro atoms. The number of halogens is 1. The van der Waals surface area contributed by atoms with Gasteiger partial charge in [0.05, 0.1) is 15.5 Å². The van der Waals surface area contributed by atoms with E-state index in [1.807, 2.05) is 6.07 Å². The largest absolute Gasteiger partial charge is 0.272 e. The minimum atomic E-state index is -0.473. The Kier molecular flexibility index (Phi) is 4.31. The molecule has 21 heavy (non-hydrogen) atoms. The number of hydrogen-bond acceptors (Lipinski definition) is 4. The predicted octanol–water partition coefficient (Wildman–Crippen LogP) is 3.93. The van der Waals surface area contributed by atoms with Crippen LogP contribution >= 0.6 is 11.6 Å². The van der Waals surface area contributed by atoms with Crippen molar-refractivity contribution < 1.29 is 4.92 Å². The molecule has 0 saturated heterocycles. The second-order valence-electron chi connectivity index (χ2n) is 4.30. The van der Waals surface area contributed by atoms with Gasteiger partial charge in [-0.25, -0.2) is 0 Å². The highest BCUT2D eigenvalue weighted by Crippen LogP contribution is 2.31. The molecule has 0 aliphatic rings. The van der Waals surface area contributed by atoms with Gasteiger partial charge in [-0.2, -0.15) is 5.26 Å². The molecule has 0 N–H and O–H groups in total. The number of rotatable bonds is 3. The first-order valence-corrected chi connectivity index (χ1v) is 6.38. The van der Waals surface area contributed by atoms with Gasteiger partial charge in [0.1, 0.15) is 6.07 Å². The first-order chi connectivity index (χ1) is 10.0. The van der Waals surface area contributed by atoms with Gasteiger partial charge in [0.25, 0.3) is 5.69 Å². The van der Waals surface area contributed by atoms with Gasteiger partial charge in [-0.1, -0.05) is 29.8 Å². The first-order valence-electron chi connectivity index (χ1n) is 6.00. The van der Waals surface area contributed by atoms with Crippen molar-refractivity contribution >= 4 is 27.9 Å². The lowest BCUT2D eigenvalue weighted by Gasteiger charge is -2.05. The fraction of sp³-hybridized carbons (Fsp3) is 0.0667. The molecular weight excluding hydrogens is 290 g/mol. The SMILES string of the molecule is Cc1ccc(/C(Cl)=C(/C#N)c2cccnc2)cc1[N+](=O)[O-].